The van der Waals surface area contributed by atoms with Crippen LogP contribution in [-0.4, -0.2) is 91.7 Å². The molecular weight excluding hydrogens is 624 g/mol. The molecule has 2 spiro atoms. The molecule has 5 rings (SSSR count). The number of nitrogens with two attached hydrogens (primary N) is 1. The Morgan fingerprint density at radius 3 is 2.40 bits per heavy atom. The second-order valence-electron chi connectivity index (χ2n) is 14.4. The Balaban J connectivity index is 1.46. The lowest BCUT2D eigenvalue weighted by Crippen LogP contribution is -2.67. The van der Waals surface area contributed by atoms with Crippen LogP contribution in [-0.2, 0) is 52.4 Å². The zero-order valence-electron chi connectivity index (χ0n) is 28.5. The Morgan fingerprint density at radius 1 is 1.04 bits per heavy atom. The van der Waals surface area contributed by atoms with Gasteiger partial charge in [0.1, 0.15) is 24.4 Å². The van der Waals surface area contributed by atoms with Crippen molar-refractivity contribution in [3.05, 3.63) is 36.0 Å². The highest BCUT2D eigenvalue weighted by Gasteiger charge is 2.83. The first-order valence-corrected chi connectivity index (χ1v) is 16.8. The highest BCUT2D eigenvalue weighted by Crippen LogP contribution is 2.72. The molecule has 3 N–H and O–H groups in total. The molecule has 1 unspecified atom stereocenters. The molecule has 264 valence electrons. The summed E-state index contributed by atoms with van der Waals surface area (Å²) in [5, 5.41) is 2.55. The molecule has 5 aliphatic rings. The van der Waals surface area contributed by atoms with Crippen molar-refractivity contribution in [3.63, 3.8) is 0 Å². The molecule has 3 heterocycles. The molecule has 48 heavy (non-hydrogen) atoms. The third kappa shape index (κ3) is 6.44. The molecule has 2 bridgehead atoms. The molecule has 13 nitrogen and oxygen atoms in total. The first-order chi connectivity index (χ1) is 22.6. The fraction of sp³-hybridized carbons (Fsp3) is 0.686. The molecule has 3 aliphatic heterocycles. The van der Waals surface area contributed by atoms with Crippen molar-refractivity contribution >= 4 is 29.8 Å². The quantitative estimate of drug-likeness (QED) is 0.188. The first kappa shape index (κ1) is 35.7. The minimum Gasteiger partial charge on any atom is -0.463 e. The lowest BCUT2D eigenvalue weighted by Gasteiger charge is -2.58. The summed E-state index contributed by atoms with van der Waals surface area (Å²) in [6.45, 7) is 11.0. The number of esters is 4. The molecule has 3 fully saturated rings. The molecule has 10 atom stereocenters. The van der Waals surface area contributed by atoms with Crippen molar-refractivity contribution in [3.8, 4) is 0 Å². The summed E-state index contributed by atoms with van der Waals surface area (Å²) in [5.41, 5.74) is 4.71. The normalized spacial score (nSPS) is 39.3. The predicted molar refractivity (Wildman–Crippen MR) is 170 cm³/mol. The average Bonchev–Trinajstić information content (AvgIpc) is 3.82. The Bertz CT molecular complexity index is 1400. The van der Waals surface area contributed by atoms with Crippen molar-refractivity contribution < 1.29 is 52.4 Å². The molecule has 2 aliphatic carbocycles. The van der Waals surface area contributed by atoms with Crippen molar-refractivity contribution in [1.29, 1.82) is 0 Å². The molecular formula is C35H48N2O11. The Morgan fingerprint density at radius 2 is 1.73 bits per heavy atom. The van der Waals surface area contributed by atoms with Gasteiger partial charge in [-0.3, -0.25) is 4.79 Å². The Hall–Kier alpha value is -3.55. The van der Waals surface area contributed by atoms with Gasteiger partial charge in [-0.1, -0.05) is 51.5 Å². The molecule has 0 radical (unpaired) electrons. The van der Waals surface area contributed by atoms with E-state index in [4.69, 9.17) is 34.2 Å². The number of nitrogens with one attached hydrogen (secondary N) is 1. The van der Waals surface area contributed by atoms with E-state index in [1.807, 2.05) is 13.8 Å². The van der Waals surface area contributed by atoms with Crippen molar-refractivity contribution in [2.75, 3.05) is 19.8 Å². The van der Waals surface area contributed by atoms with Gasteiger partial charge in [-0.15, -0.1) is 0 Å². The zero-order valence-corrected chi connectivity index (χ0v) is 28.5. The zero-order chi connectivity index (χ0) is 35.0. The van der Waals surface area contributed by atoms with Crippen LogP contribution in [0.25, 0.3) is 0 Å². The number of hydrogen-bond acceptors (Lipinski definition) is 12. The largest absolute Gasteiger partial charge is 0.463 e. The summed E-state index contributed by atoms with van der Waals surface area (Å²) >= 11 is 0. The van der Waals surface area contributed by atoms with Gasteiger partial charge < -0.3 is 39.5 Å². The average molecular weight is 673 g/mol. The molecule has 0 aromatic rings. The maximum atomic E-state index is 14.0. The van der Waals surface area contributed by atoms with Crippen LogP contribution < -0.4 is 11.1 Å². The van der Waals surface area contributed by atoms with Gasteiger partial charge in [0, 0.05) is 29.9 Å². The van der Waals surface area contributed by atoms with Crippen LogP contribution in [0.15, 0.2) is 36.0 Å². The third-order valence-corrected chi connectivity index (χ3v) is 11.1. The van der Waals surface area contributed by atoms with Gasteiger partial charge in [-0.25, -0.2) is 19.2 Å². The number of ether oxygens (including phenoxy) is 6. The fourth-order valence-electron chi connectivity index (χ4n) is 7.70. The standard InChI is InChI=1S/C35H48N2O11/c1-19(2)28(36)30(40)37-22(5)31(41)48-29-21(4)12-14-43-26(38)9-7-8-10-27(39)47-23-16-25-35(18-45-35)33(23,6)34(17-44-32(29)42)13-11-20(3)15-24(34)46-25/h7-10,15,19,21-25,28-29H,11-14,16-18,36H2,1-6H3,(H,37,40)/b9-7+,10-8-/t21-,22+,23-,24?,25-,28+,29+,33-,34-,35+/m1/s1. The van der Waals surface area contributed by atoms with Crippen LogP contribution in [0, 0.1) is 22.7 Å². The SMILES string of the molecule is CC1=CC2O[C@@H]3C[C@H]4OC(=O)/C=C\C=C\C(=O)OCC[C@@H](C)[C@H](OC(=O)[C@H](C)NC(=O)[C@@H](N)C(C)C)C(=O)OC[C@@]2(CC1)[C@]4(C)[C@]31CO1. The monoisotopic (exact) mass is 672 g/mol. The number of rotatable bonds is 5. The summed E-state index contributed by atoms with van der Waals surface area (Å²) in [4.78, 5) is 65.1. The summed E-state index contributed by atoms with van der Waals surface area (Å²) in [7, 11) is 0. The van der Waals surface area contributed by atoms with Crippen LogP contribution in [0.3, 0.4) is 0 Å². The van der Waals surface area contributed by atoms with Gasteiger partial charge in [-0.05, 0) is 39.0 Å². The summed E-state index contributed by atoms with van der Waals surface area (Å²) in [6.07, 6.45) is 6.29. The fourth-order valence-corrected chi connectivity index (χ4v) is 7.70. The predicted octanol–water partition coefficient (Wildman–Crippen LogP) is 2.21. The molecule has 2 saturated heterocycles. The van der Waals surface area contributed by atoms with E-state index in [9.17, 15) is 24.0 Å². The molecule has 13 heteroatoms. The van der Waals surface area contributed by atoms with Crippen molar-refractivity contribution in [1.82, 2.24) is 5.32 Å². The van der Waals surface area contributed by atoms with E-state index in [1.54, 1.807) is 20.8 Å². The lowest BCUT2D eigenvalue weighted by molar-refractivity contribution is -0.235. The Kier molecular flexibility index (Phi) is 10.2. The summed E-state index contributed by atoms with van der Waals surface area (Å²) in [6, 6.07) is -1.94. The van der Waals surface area contributed by atoms with Gasteiger partial charge in [0.25, 0.3) is 0 Å². The number of cyclic esters (lactones) is 2. The van der Waals surface area contributed by atoms with E-state index < -0.39 is 82.5 Å². The number of amides is 1. The number of carbonyl (C=O) groups is 5. The van der Waals surface area contributed by atoms with Crippen LogP contribution in [0.1, 0.15) is 67.2 Å². The number of carbonyl (C=O) groups excluding carboxylic acids is 5. The molecule has 0 aromatic carbocycles. The number of hydrogen-bond donors (Lipinski definition) is 2. The molecule has 0 aromatic heterocycles. The second-order valence-corrected chi connectivity index (χ2v) is 14.4. The van der Waals surface area contributed by atoms with Gasteiger partial charge in [-0.2, -0.15) is 0 Å². The van der Waals surface area contributed by atoms with Crippen LogP contribution in [0.5, 0.6) is 0 Å². The summed E-state index contributed by atoms with van der Waals surface area (Å²) < 4.78 is 36.0. The van der Waals surface area contributed by atoms with Gasteiger partial charge in [0.05, 0.1) is 36.9 Å². The minimum absolute atomic E-state index is 0.0854. The smallest absolute Gasteiger partial charge is 0.347 e. The highest BCUT2D eigenvalue weighted by molar-refractivity contribution is 5.88. The Labute approximate surface area is 280 Å². The van der Waals surface area contributed by atoms with Crippen molar-refractivity contribution in [2.45, 2.75) is 109 Å². The second kappa shape index (κ2) is 13.8. The van der Waals surface area contributed by atoms with E-state index in [2.05, 4.69) is 11.4 Å². The van der Waals surface area contributed by atoms with Gasteiger partial charge >= 0.3 is 23.9 Å². The minimum atomic E-state index is -1.39. The van der Waals surface area contributed by atoms with Gasteiger partial charge in [0.15, 0.2) is 0 Å². The lowest BCUT2D eigenvalue weighted by atomic mass is 9.51. The van der Waals surface area contributed by atoms with E-state index in [1.165, 1.54) is 25.2 Å². The topological polar surface area (TPSA) is 182 Å². The van der Waals surface area contributed by atoms with Gasteiger partial charge in [0.2, 0.25) is 12.0 Å². The number of epoxide rings is 1. The van der Waals surface area contributed by atoms with Crippen LogP contribution in [0.2, 0.25) is 0 Å². The highest BCUT2D eigenvalue weighted by atomic mass is 16.6. The van der Waals surface area contributed by atoms with E-state index >= 15 is 0 Å². The van der Waals surface area contributed by atoms with E-state index in [0.717, 1.165) is 11.6 Å². The number of allylic oxidation sites excluding steroid dienone is 3. The third-order valence-electron chi connectivity index (χ3n) is 11.1. The maximum absolute atomic E-state index is 14.0. The maximum Gasteiger partial charge on any atom is 0.347 e. The molecule has 1 saturated carbocycles. The summed E-state index contributed by atoms with van der Waals surface area (Å²) in [5.74, 6) is -4.23. The van der Waals surface area contributed by atoms with E-state index in [-0.39, 0.29) is 31.7 Å². The van der Waals surface area contributed by atoms with Crippen LogP contribution in [0.4, 0.5) is 0 Å². The van der Waals surface area contributed by atoms with Crippen molar-refractivity contribution in [2.24, 2.45) is 28.4 Å². The van der Waals surface area contributed by atoms with E-state index in [0.29, 0.717) is 25.9 Å². The van der Waals surface area contributed by atoms with Crippen LogP contribution >= 0.6 is 0 Å². The first-order valence-electron chi connectivity index (χ1n) is 16.8. The molecule has 1 amide bonds.